The van der Waals surface area contributed by atoms with E-state index >= 15 is 0 Å². The Bertz CT molecular complexity index is 1980. The summed E-state index contributed by atoms with van der Waals surface area (Å²) in [5.74, 6) is -1.05. The molecule has 1 unspecified atom stereocenters. The van der Waals surface area contributed by atoms with Crippen molar-refractivity contribution in [2.45, 2.75) is 84.5 Å². The highest BCUT2D eigenvalue weighted by molar-refractivity contribution is 7.28. The Kier molecular flexibility index (Phi) is 11.6. The monoisotopic (exact) mass is 761 g/mol. The number of nitrogens with one attached hydrogen (secondary N) is 4. The maximum atomic E-state index is 13.5. The van der Waals surface area contributed by atoms with Gasteiger partial charge in [0.15, 0.2) is 0 Å². The molecule has 0 saturated carbocycles. The van der Waals surface area contributed by atoms with E-state index < -0.39 is 30.6 Å². The standard InChI is InChI=1S/C38H47N7O6S2/c1-20(2)31(40-22(5)47)37(50)45-15-7-9-29(45)36(49)42-27-19-53-33-25(18-52-34(27)33)23-10-12-24(13-11-23)26-16-39-35(41-26)28-8-6-14-44(28)38(51)32(21(3)4)43-30(48)17-46/h10-13,16,18-21,28-29,31-32,46H,6-9,14-15,17H2,1-5H3,(H,39,41)(H,40,47)(H,42,49)(H,43,48)/t28?,29-,31-,32-/m0/s1. The van der Waals surface area contributed by atoms with E-state index in [0.717, 1.165) is 56.7 Å². The number of nitrogens with zero attached hydrogens (tertiary/aromatic N) is 3. The fraction of sp³-hybridized carbons (Fsp3) is 0.474. The second-order valence-corrected chi connectivity index (χ2v) is 16.2. The van der Waals surface area contributed by atoms with Crippen LogP contribution in [0, 0.1) is 11.8 Å². The number of amides is 5. The van der Waals surface area contributed by atoms with E-state index in [9.17, 15) is 29.1 Å². The summed E-state index contributed by atoms with van der Waals surface area (Å²) in [6.07, 6.45) is 4.63. The summed E-state index contributed by atoms with van der Waals surface area (Å²) < 4.78 is 2.04. The van der Waals surface area contributed by atoms with Crippen LogP contribution in [0.1, 0.15) is 72.2 Å². The summed E-state index contributed by atoms with van der Waals surface area (Å²) in [5, 5.41) is 21.8. The molecule has 2 fully saturated rings. The van der Waals surface area contributed by atoms with Crippen LogP contribution in [0.4, 0.5) is 5.69 Å². The Morgan fingerprint density at radius 3 is 2.17 bits per heavy atom. The molecule has 4 atom stereocenters. The molecule has 2 aliphatic heterocycles. The highest BCUT2D eigenvalue weighted by Gasteiger charge is 2.39. The zero-order valence-electron chi connectivity index (χ0n) is 30.6. The molecule has 5 amide bonds. The SMILES string of the molecule is CC(=O)N[C@H](C(=O)N1CCC[C@H]1C(=O)Nc1csc2c(-c3ccc(-c4cnc(C5CCCN5C(=O)[C@@H](NC(=O)CO)C(C)C)[nH]4)cc3)csc12)C(C)C. The molecule has 0 spiro atoms. The second-order valence-electron chi connectivity index (χ2n) is 14.5. The summed E-state index contributed by atoms with van der Waals surface area (Å²) in [7, 11) is 0. The number of hydrogen-bond donors (Lipinski definition) is 5. The molecule has 5 heterocycles. The van der Waals surface area contributed by atoms with Crippen molar-refractivity contribution in [2.75, 3.05) is 25.0 Å². The average molecular weight is 762 g/mol. The fourth-order valence-electron chi connectivity index (χ4n) is 7.25. The second kappa shape index (κ2) is 16.2. The van der Waals surface area contributed by atoms with Crippen molar-refractivity contribution in [1.29, 1.82) is 0 Å². The quantitative estimate of drug-likeness (QED) is 0.136. The third-order valence-corrected chi connectivity index (χ3v) is 12.2. The molecule has 282 valence electrons. The lowest BCUT2D eigenvalue weighted by Crippen LogP contribution is -2.54. The third kappa shape index (κ3) is 8.02. The van der Waals surface area contributed by atoms with Gasteiger partial charge < -0.3 is 35.8 Å². The van der Waals surface area contributed by atoms with Crippen molar-refractivity contribution in [3.63, 3.8) is 0 Å². The maximum absolute atomic E-state index is 13.5. The van der Waals surface area contributed by atoms with Gasteiger partial charge >= 0.3 is 0 Å². The average Bonchev–Trinajstić information content (AvgIpc) is 3.97. The number of imidazole rings is 1. The molecule has 53 heavy (non-hydrogen) atoms. The molecule has 0 aliphatic carbocycles. The predicted octanol–water partition coefficient (Wildman–Crippen LogP) is 4.91. The van der Waals surface area contributed by atoms with Crippen molar-refractivity contribution in [2.24, 2.45) is 11.8 Å². The largest absolute Gasteiger partial charge is 0.387 e. The molecule has 4 aromatic rings. The van der Waals surface area contributed by atoms with Gasteiger partial charge in [0.1, 0.15) is 30.6 Å². The van der Waals surface area contributed by atoms with E-state index in [0.29, 0.717) is 25.3 Å². The van der Waals surface area contributed by atoms with Crippen molar-refractivity contribution in [3.8, 4) is 22.4 Å². The lowest BCUT2D eigenvalue weighted by molar-refractivity contribution is -0.141. The summed E-state index contributed by atoms with van der Waals surface area (Å²) in [6, 6.07) is 5.91. The van der Waals surface area contributed by atoms with Gasteiger partial charge in [-0.1, -0.05) is 52.0 Å². The third-order valence-electron chi connectivity index (χ3n) is 10.0. The van der Waals surface area contributed by atoms with Gasteiger partial charge in [-0.25, -0.2) is 4.98 Å². The minimum atomic E-state index is -0.732. The number of thiophene rings is 2. The number of hydrogen-bond acceptors (Lipinski definition) is 9. The molecule has 6 rings (SSSR count). The number of aromatic nitrogens is 2. The van der Waals surface area contributed by atoms with Crippen LogP contribution in [-0.2, 0) is 24.0 Å². The molecule has 15 heteroatoms. The topological polar surface area (TPSA) is 177 Å². The van der Waals surface area contributed by atoms with E-state index in [1.54, 1.807) is 38.7 Å². The van der Waals surface area contributed by atoms with Gasteiger partial charge in [-0.05, 0) is 48.6 Å². The molecule has 0 bridgehead atoms. The molecule has 0 radical (unpaired) electrons. The van der Waals surface area contributed by atoms with Crippen molar-refractivity contribution >= 4 is 67.3 Å². The molecular weight excluding hydrogens is 715 g/mol. The van der Waals surface area contributed by atoms with Crippen LogP contribution >= 0.6 is 22.7 Å². The van der Waals surface area contributed by atoms with Gasteiger partial charge in [0.05, 0.1) is 33.0 Å². The zero-order chi connectivity index (χ0) is 38.0. The van der Waals surface area contributed by atoms with Crippen LogP contribution in [0.25, 0.3) is 31.8 Å². The number of aromatic amines is 1. The van der Waals surface area contributed by atoms with E-state index in [1.165, 1.54) is 6.92 Å². The number of rotatable bonds is 12. The van der Waals surface area contributed by atoms with Gasteiger partial charge in [0, 0.05) is 36.3 Å². The number of carbonyl (C=O) groups excluding carboxylic acids is 5. The number of H-pyrrole nitrogens is 1. The number of aliphatic hydroxyl groups is 1. The molecule has 2 aliphatic rings. The first-order valence-electron chi connectivity index (χ1n) is 18.1. The lowest BCUT2D eigenvalue weighted by atomic mass is 10.0. The number of aliphatic hydroxyl groups excluding tert-OH is 1. The Labute approximate surface area is 316 Å². The number of benzene rings is 1. The summed E-state index contributed by atoms with van der Waals surface area (Å²) in [5.41, 5.74) is 4.59. The summed E-state index contributed by atoms with van der Waals surface area (Å²) in [4.78, 5) is 75.6. The normalized spacial score (nSPS) is 18.5. The van der Waals surface area contributed by atoms with Gasteiger partial charge in [0.2, 0.25) is 29.5 Å². The van der Waals surface area contributed by atoms with Crippen molar-refractivity contribution in [3.05, 3.63) is 47.0 Å². The van der Waals surface area contributed by atoms with Crippen LogP contribution in [0.5, 0.6) is 0 Å². The van der Waals surface area contributed by atoms with Crippen LogP contribution < -0.4 is 16.0 Å². The lowest BCUT2D eigenvalue weighted by Gasteiger charge is -2.30. The highest BCUT2D eigenvalue weighted by Crippen LogP contribution is 2.43. The molecule has 3 aromatic heterocycles. The van der Waals surface area contributed by atoms with E-state index in [4.69, 9.17) is 0 Å². The van der Waals surface area contributed by atoms with E-state index in [-0.39, 0.29) is 41.5 Å². The van der Waals surface area contributed by atoms with Gasteiger partial charge in [-0.2, -0.15) is 0 Å². The van der Waals surface area contributed by atoms with Crippen LogP contribution in [0.15, 0.2) is 41.2 Å². The molecule has 13 nitrogen and oxygen atoms in total. The van der Waals surface area contributed by atoms with E-state index in [2.05, 4.69) is 43.4 Å². The van der Waals surface area contributed by atoms with E-state index in [1.807, 2.05) is 45.2 Å². The number of carbonyl (C=O) groups is 5. The fourth-order valence-corrected chi connectivity index (χ4v) is 9.56. The molecule has 2 saturated heterocycles. The van der Waals surface area contributed by atoms with Gasteiger partial charge in [-0.15, -0.1) is 22.7 Å². The maximum Gasteiger partial charge on any atom is 0.247 e. The summed E-state index contributed by atoms with van der Waals surface area (Å²) >= 11 is 3.12. The Morgan fingerprint density at radius 1 is 0.868 bits per heavy atom. The van der Waals surface area contributed by atoms with Crippen LogP contribution in [-0.4, -0.2) is 92.2 Å². The Balaban J connectivity index is 1.13. The predicted molar refractivity (Wildman–Crippen MR) is 206 cm³/mol. The first-order valence-corrected chi connectivity index (χ1v) is 19.9. The number of fused-ring (bicyclic) bond motifs is 1. The highest BCUT2D eigenvalue weighted by atomic mass is 32.1. The van der Waals surface area contributed by atoms with Gasteiger partial charge in [-0.3, -0.25) is 24.0 Å². The Hall–Kier alpha value is -4.60. The molecular formula is C38H47N7O6S2. The first kappa shape index (κ1) is 38.1. The minimum absolute atomic E-state index is 0.109. The van der Waals surface area contributed by atoms with Crippen LogP contribution in [0.3, 0.4) is 0 Å². The van der Waals surface area contributed by atoms with Gasteiger partial charge in [0.25, 0.3) is 0 Å². The van der Waals surface area contributed by atoms with Crippen LogP contribution in [0.2, 0.25) is 0 Å². The summed E-state index contributed by atoms with van der Waals surface area (Å²) in [6.45, 7) is 9.26. The number of anilines is 1. The van der Waals surface area contributed by atoms with Crippen molar-refractivity contribution in [1.82, 2.24) is 30.4 Å². The smallest absolute Gasteiger partial charge is 0.247 e. The minimum Gasteiger partial charge on any atom is -0.387 e. The molecule has 5 N–H and O–H groups in total. The Morgan fingerprint density at radius 2 is 1.49 bits per heavy atom. The number of likely N-dealkylation sites (tertiary alicyclic amines) is 2. The molecule has 1 aromatic carbocycles. The van der Waals surface area contributed by atoms with Crippen molar-refractivity contribution < 1.29 is 29.1 Å². The first-order chi connectivity index (χ1) is 25.4. The zero-order valence-corrected chi connectivity index (χ0v) is 32.2.